The second-order valence-corrected chi connectivity index (χ2v) is 4.76. The lowest BCUT2D eigenvalue weighted by Crippen LogP contribution is -2.31. The lowest BCUT2D eigenvalue weighted by atomic mass is 10.1. The molecule has 0 aliphatic rings. The van der Waals surface area contributed by atoms with Gasteiger partial charge in [-0.3, -0.25) is 4.79 Å². The van der Waals surface area contributed by atoms with Crippen molar-refractivity contribution in [1.29, 1.82) is 0 Å². The molecule has 0 fully saturated rings. The zero-order chi connectivity index (χ0) is 12.8. The van der Waals surface area contributed by atoms with Crippen molar-refractivity contribution < 1.29 is 9.53 Å². The number of rotatable bonds is 5. The maximum Gasteiger partial charge on any atom is 0.251 e. The maximum absolute atomic E-state index is 11.8. The summed E-state index contributed by atoms with van der Waals surface area (Å²) in [5.41, 5.74) is 2.83. The second-order valence-electron chi connectivity index (χ2n) is 4.14. The number of carbonyl (C=O) groups is 1. The van der Waals surface area contributed by atoms with Gasteiger partial charge in [-0.1, -0.05) is 17.2 Å². The van der Waals surface area contributed by atoms with Gasteiger partial charge in [-0.2, -0.15) is 0 Å². The molecule has 4 heteroatoms. The number of methoxy groups -OCH3 is 1. The quantitative estimate of drug-likeness (QED) is 0.820. The first-order valence-electron chi connectivity index (χ1n) is 5.52. The summed E-state index contributed by atoms with van der Waals surface area (Å²) in [7, 11) is 1.58. The Kier molecular flexibility index (Phi) is 5.45. The smallest absolute Gasteiger partial charge is 0.251 e. The summed E-state index contributed by atoms with van der Waals surface area (Å²) in [6.45, 7) is 4.77. The van der Waals surface area contributed by atoms with Crippen molar-refractivity contribution in [3.8, 4) is 0 Å². The molecular weight excluding hydrogens is 238 g/mol. The topological polar surface area (TPSA) is 38.3 Å². The van der Waals surface area contributed by atoms with E-state index in [0.29, 0.717) is 18.7 Å². The lowest BCUT2D eigenvalue weighted by Gasteiger charge is -2.10. The number of halogens is 1. The molecule has 1 rings (SSSR count). The fraction of sp³-hybridized carbons (Fsp3) is 0.462. The van der Waals surface area contributed by atoms with Crippen LogP contribution in [0, 0.1) is 13.8 Å². The van der Waals surface area contributed by atoms with Crippen LogP contribution in [0.25, 0.3) is 0 Å². The van der Waals surface area contributed by atoms with Gasteiger partial charge in [0.2, 0.25) is 0 Å². The summed E-state index contributed by atoms with van der Waals surface area (Å²) in [6.07, 6.45) is 0. The molecule has 0 aliphatic heterocycles. The largest absolute Gasteiger partial charge is 0.383 e. The predicted octanol–water partition coefficient (Wildman–Crippen LogP) is 2.29. The Morgan fingerprint density at radius 2 is 1.94 bits per heavy atom. The number of ether oxygens (including phenoxy) is 1. The number of carbonyl (C=O) groups excluding carboxylic acids is 1. The van der Waals surface area contributed by atoms with Crippen LogP contribution in [-0.2, 0) is 4.74 Å². The number of alkyl halides is 1. The van der Waals surface area contributed by atoms with Crippen molar-refractivity contribution >= 4 is 17.5 Å². The molecule has 1 atom stereocenters. The molecule has 1 unspecified atom stereocenters. The minimum Gasteiger partial charge on any atom is -0.383 e. The van der Waals surface area contributed by atoms with Gasteiger partial charge in [0.05, 0.1) is 12.0 Å². The van der Waals surface area contributed by atoms with E-state index in [0.717, 1.165) is 11.1 Å². The van der Waals surface area contributed by atoms with E-state index in [1.54, 1.807) is 7.11 Å². The minimum absolute atomic E-state index is 0.0986. The van der Waals surface area contributed by atoms with Gasteiger partial charge in [-0.15, -0.1) is 11.6 Å². The molecule has 17 heavy (non-hydrogen) atoms. The van der Waals surface area contributed by atoms with Crippen molar-refractivity contribution in [2.75, 3.05) is 20.3 Å². The van der Waals surface area contributed by atoms with Crippen LogP contribution in [0.15, 0.2) is 18.2 Å². The molecule has 1 aromatic carbocycles. The van der Waals surface area contributed by atoms with Crippen molar-refractivity contribution in [3.05, 3.63) is 34.9 Å². The predicted molar refractivity (Wildman–Crippen MR) is 69.8 cm³/mol. The van der Waals surface area contributed by atoms with Gasteiger partial charge < -0.3 is 10.1 Å². The minimum atomic E-state index is -0.199. The number of hydrogen-bond donors (Lipinski definition) is 1. The first-order valence-corrected chi connectivity index (χ1v) is 5.96. The molecule has 0 bridgehead atoms. The van der Waals surface area contributed by atoms with Gasteiger partial charge in [0.25, 0.3) is 5.91 Å². The van der Waals surface area contributed by atoms with Gasteiger partial charge >= 0.3 is 0 Å². The number of hydrogen-bond acceptors (Lipinski definition) is 2. The third-order valence-corrected chi connectivity index (χ3v) is 2.60. The first-order chi connectivity index (χ1) is 8.02. The Morgan fingerprint density at radius 3 is 2.47 bits per heavy atom. The highest BCUT2D eigenvalue weighted by molar-refractivity contribution is 6.21. The van der Waals surface area contributed by atoms with E-state index in [4.69, 9.17) is 16.3 Å². The number of nitrogens with one attached hydrogen (secondary N) is 1. The molecule has 1 aromatic rings. The van der Waals surface area contributed by atoms with Crippen LogP contribution in [0.3, 0.4) is 0 Å². The average Bonchev–Trinajstić information content (AvgIpc) is 2.25. The number of amides is 1. The normalized spacial score (nSPS) is 12.2. The molecule has 94 valence electrons. The summed E-state index contributed by atoms with van der Waals surface area (Å²) in [5.74, 6) is -0.0986. The fourth-order valence-electron chi connectivity index (χ4n) is 1.65. The van der Waals surface area contributed by atoms with Crippen LogP contribution < -0.4 is 5.32 Å². The highest BCUT2D eigenvalue weighted by Crippen LogP contribution is 2.08. The van der Waals surface area contributed by atoms with Crippen molar-refractivity contribution in [2.24, 2.45) is 0 Å². The first kappa shape index (κ1) is 14.0. The molecule has 0 heterocycles. The SMILES string of the molecule is COCC(Cl)CNC(=O)c1cc(C)cc(C)c1. The van der Waals surface area contributed by atoms with Crippen molar-refractivity contribution in [1.82, 2.24) is 5.32 Å². The molecule has 0 radical (unpaired) electrons. The monoisotopic (exact) mass is 255 g/mol. The molecule has 0 spiro atoms. The van der Waals surface area contributed by atoms with Crippen LogP contribution in [0.1, 0.15) is 21.5 Å². The third-order valence-electron chi connectivity index (χ3n) is 2.32. The molecule has 3 nitrogen and oxygen atoms in total. The molecular formula is C13H18ClNO2. The number of aryl methyl sites for hydroxylation is 2. The van der Waals surface area contributed by atoms with Crippen LogP contribution in [0.4, 0.5) is 0 Å². The van der Waals surface area contributed by atoms with Gasteiger partial charge in [0.1, 0.15) is 0 Å². The molecule has 0 saturated carbocycles. The highest BCUT2D eigenvalue weighted by atomic mass is 35.5. The van der Waals surface area contributed by atoms with Crippen molar-refractivity contribution in [2.45, 2.75) is 19.2 Å². The van der Waals surface area contributed by atoms with E-state index >= 15 is 0 Å². The Bertz CT molecular complexity index is 373. The summed E-state index contributed by atoms with van der Waals surface area (Å²) in [4.78, 5) is 11.8. The van der Waals surface area contributed by atoms with Gasteiger partial charge in [-0.25, -0.2) is 0 Å². The average molecular weight is 256 g/mol. The summed E-state index contributed by atoms with van der Waals surface area (Å²) < 4.78 is 4.90. The summed E-state index contributed by atoms with van der Waals surface area (Å²) >= 11 is 5.94. The molecule has 1 N–H and O–H groups in total. The number of benzene rings is 1. The molecule has 0 aromatic heterocycles. The zero-order valence-electron chi connectivity index (χ0n) is 10.4. The lowest BCUT2D eigenvalue weighted by molar-refractivity contribution is 0.0949. The van der Waals surface area contributed by atoms with Crippen molar-refractivity contribution in [3.63, 3.8) is 0 Å². The van der Waals surface area contributed by atoms with Crippen LogP contribution in [-0.4, -0.2) is 31.5 Å². The highest BCUT2D eigenvalue weighted by Gasteiger charge is 2.09. The zero-order valence-corrected chi connectivity index (χ0v) is 11.2. The maximum atomic E-state index is 11.8. The Hall–Kier alpha value is -1.06. The van der Waals surface area contributed by atoms with E-state index in [2.05, 4.69) is 5.32 Å². The molecule has 1 amide bonds. The van der Waals surface area contributed by atoms with Crippen LogP contribution in [0.5, 0.6) is 0 Å². The van der Waals surface area contributed by atoms with E-state index in [1.807, 2.05) is 32.0 Å². The Morgan fingerprint density at radius 1 is 1.35 bits per heavy atom. The molecule has 0 saturated heterocycles. The summed E-state index contributed by atoms with van der Waals surface area (Å²) in [6, 6.07) is 5.76. The summed E-state index contributed by atoms with van der Waals surface area (Å²) in [5, 5.41) is 2.59. The Balaban J connectivity index is 2.58. The van der Waals surface area contributed by atoms with Crippen LogP contribution >= 0.6 is 11.6 Å². The van der Waals surface area contributed by atoms with Gasteiger partial charge in [-0.05, 0) is 26.0 Å². The third kappa shape index (κ3) is 4.75. The van der Waals surface area contributed by atoms with E-state index in [1.165, 1.54) is 0 Å². The van der Waals surface area contributed by atoms with Gasteiger partial charge in [0, 0.05) is 19.2 Å². The molecule has 0 aliphatic carbocycles. The van der Waals surface area contributed by atoms with E-state index in [-0.39, 0.29) is 11.3 Å². The second kappa shape index (κ2) is 6.62. The standard InChI is InChI=1S/C13H18ClNO2/c1-9-4-10(2)6-11(5-9)13(16)15-7-12(14)8-17-3/h4-6,12H,7-8H2,1-3H3,(H,15,16). The Labute approximate surface area is 107 Å². The van der Waals surface area contributed by atoms with Crippen LogP contribution in [0.2, 0.25) is 0 Å². The van der Waals surface area contributed by atoms with E-state index < -0.39 is 0 Å². The fourth-order valence-corrected chi connectivity index (χ4v) is 1.85. The van der Waals surface area contributed by atoms with Gasteiger partial charge in [0.15, 0.2) is 0 Å². The van der Waals surface area contributed by atoms with E-state index in [9.17, 15) is 4.79 Å².